The lowest BCUT2D eigenvalue weighted by molar-refractivity contribution is -0.169. The van der Waals surface area contributed by atoms with Crippen LogP contribution in [-0.4, -0.2) is 130 Å². The van der Waals surface area contributed by atoms with Crippen LogP contribution >= 0.6 is 0 Å². The highest BCUT2D eigenvalue weighted by molar-refractivity contribution is 5.94. The Morgan fingerprint density at radius 3 is 1.07 bits per heavy atom. The maximum atomic E-state index is 12.1. The van der Waals surface area contributed by atoms with Gasteiger partial charge in [0.1, 0.15) is 11.9 Å². The van der Waals surface area contributed by atoms with Crippen LogP contribution in [0.5, 0.6) is 0 Å². The number of allylic oxidation sites excluding steroid dienone is 14. The molecule has 149 heavy (non-hydrogen) atoms. The van der Waals surface area contributed by atoms with Gasteiger partial charge in [0.15, 0.2) is 23.1 Å². The van der Waals surface area contributed by atoms with E-state index in [1.807, 2.05) is 24.3 Å². The highest BCUT2D eigenvalue weighted by Gasteiger charge is 2.72. The van der Waals surface area contributed by atoms with Gasteiger partial charge in [-0.05, 0) is 555 Å². The Bertz CT molecular complexity index is 5140. The first-order chi connectivity index (χ1) is 69.7. The number of rotatable bonds is 23. The predicted octanol–water partition coefficient (Wildman–Crippen LogP) is 28.7. The summed E-state index contributed by atoms with van der Waals surface area (Å²) in [4.78, 5) is 60.3. The lowest BCUT2D eigenvalue weighted by Crippen LogP contribution is -2.58. The molecule has 22 rings (SSSR count). The van der Waals surface area contributed by atoms with Gasteiger partial charge in [0.2, 0.25) is 0 Å². The molecule has 0 aromatic carbocycles. The molecule has 20 aliphatic carbocycles. The van der Waals surface area contributed by atoms with Crippen LogP contribution in [0.15, 0.2) is 94.7 Å². The van der Waals surface area contributed by atoms with E-state index >= 15 is 0 Å². The normalized spacial score (nSPS) is 45.9. The van der Waals surface area contributed by atoms with Crippen LogP contribution in [-0.2, 0) is 33.4 Å². The number of carbonyl (C=O) groups is 5. The third kappa shape index (κ3) is 21.1. The molecule has 0 aromatic heterocycles. The summed E-state index contributed by atoms with van der Waals surface area (Å²) in [6.45, 7) is 56.2. The molecule has 0 aromatic rings. The minimum Gasteiger partial charge on any atom is -0.393 e. The van der Waals surface area contributed by atoms with Crippen molar-refractivity contribution in [2.24, 2.45) is 208 Å². The first-order valence-electron chi connectivity index (χ1n) is 62.1. The van der Waals surface area contributed by atoms with E-state index in [4.69, 9.17) is 9.47 Å². The molecule has 43 atom stereocenters. The van der Waals surface area contributed by atoms with E-state index in [2.05, 4.69) is 174 Å². The zero-order chi connectivity index (χ0) is 108. The summed E-state index contributed by atoms with van der Waals surface area (Å²) < 4.78 is 12.2. The van der Waals surface area contributed by atoms with Gasteiger partial charge in [-0.2, -0.15) is 0 Å². The molecule has 0 bridgehead atoms. The lowest BCUT2D eigenvalue weighted by atomic mass is 9.44. The van der Waals surface area contributed by atoms with Crippen LogP contribution in [0.1, 0.15) is 443 Å². The highest BCUT2D eigenvalue weighted by Crippen LogP contribution is 2.76. The first kappa shape index (κ1) is 114. The molecule has 0 spiro atoms. The van der Waals surface area contributed by atoms with Crippen LogP contribution in [0.25, 0.3) is 0 Å². The summed E-state index contributed by atoms with van der Waals surface area (Å²) in [5.41, 5.74) is 6.76. The van der Waals surface area contributed by atoms with Gasteiger partial charge in [-0.3, -0.25) is 24.0 Å². The van der Waals surface area contributed by atoms with Crippen molar-refractivity contribution < 1.29 is 69.2 Å². The Morgan fingerprint density at radius 2 is 0.698 bits per heavy atom. The van der Waals surface area contributed by atoms with Crippen LogP contribution in [0, 0.1) is 208 Å². The molecular formula is C135H210O14. The van der Waals surface area contributed by atoms with Gasteiger partial charge in [-0.15, -0.1) is 0 Å². The number of carbonyl (C=O) groups excluding carboxylic acids is 5. The molecule has 14 heteroatoms. The number of hydrogen-bond acceptors (Lipinski definition) is 14. The fraction of sp³-hybridized carbons (Fsp3) is 0.844. The standard InChI is InChI=1S/C27H42O4.C27H46O4.C27H42O3.C27H40O2.C27H40O/c1-15(6-9-21(29)25(2,3)30)17-7-8-18-22-19(11-13-26(17,18)4)27(5)12-10-16(28)14-20(27)23-24(22)31-23;1-16(6-9-23(30)25(2,3)31)19-7-8-20-24-21(11-13-27(19,20)5)26(4)12-10-18(28)14-17(26)15-22(24)29;1-17(6-11-24(29)25(2,3)30)21-9-10-22-20-8-7-18-16-19(28)12-14-26(18,4)23(20)13-15-27(21,22)5;1-17(6-11-24-25(2,3)29-24)21-9-10-22-20-8-7-18-16-19(28)12-14-26(18,4)23(20)13-15-27(21,22)5;1-18(2)7-6-8-19(3)23-11-12-24-22-10-9-20-17-21(28)13-15-26(20,4)25(22)14-16-27(23,24)5/h14-15,17-19,21-24,29-30H,6-13H2,1-5H3;16-17,19-24,29-31H,6-15H2,1-5H3;7-8,16-17,20-24,29-30H,6,9-15H2,1-5H3;7-8,16-17,20-24H,6,9-15H2,1-5H3;7,9-10,17,19,22-25H,6,8,11-16H2,1-5H3/t15-,17-,18+,19+,21?,22+,23?,24?,26-,27-;16-,17+,19-,20+,21+,22?,23?,24+,26+,27-;2*17-,20+,21-,22+,23+,24?,26+,27-;19-,22+,23-,24+,25+,26+,27-/m11111/s1. The molecule has 2 saturated heterocycles. The smallest absolute Gasteiger partial charge is 0.156 e. The largest absolute Gasteiger partial charge is 0.393 e. The van der Waals surface area contributed by atoms with Crippen LogP contribution < -0.4 is 0 Å². The maximum absolute atomic E-state index is 12.1. The summed E-state index contributed by atoms with van der Waals surface area (Å²) in [7, 11) is 0. The van der Waals surface area contributed by atoms with Gasteiger partial charge in [0, 0.05) is 38.5 Å². The molecule has 7 N–H and O–H groups in total. The highest BCUT2D eigenvalue weighted by atomic mass is 16.6. The zero-order valence-corrected chi connectivity index (χ0v) is 98.1. The number of aliphatic hydroxyl groups excluding tert-OH is 4. The van der Waals surface area contributed by atoms with Gasteiger partial charge in [0.05, 0.1) is 59.0 Å². The average molecular weight is 2060 g/mol. The van der Waals surface area contributed by atoms with Crippen molar-refractivity contribution in [2.45, 2.75) is 508 Å². The van der Waals surface area contributed by atoms with E-state index in [1.165, 1.54) is 182 Å². The van der Waals surface area contributed by atoms with Gasteiger partial charge < -0.3 is 45.2 Å². The monoisotopic (exact) mass is 2060 g/mol. The van der Waals surface area contributed by atoms with Crippen molar-refractivity contribution in [1.29, 1.82) is 0 Å². The zero-order valence-electron chi connectivity index (χ0n) is 98.1. The number of ether oxygens (including phenoxy) is 2. The van der Waals surface area contributed by atoms with E-state index < -0.39 is 35.1 Å². The van der Waals surface area contributed by atoms with Crippen molar-refractivity contribution >= 4 is 28.9 Å². The predicted molar refractivity (Wildman–Crippen MR) is 599 cm³/mol. The number of Topliss-reactive ketones (excluding diaryl/α,β-unsaturated/α-hetero) is 1. The molecule has 7 unspecified atom stereocenters. The SMILES string of the molecule is CC(C)=CCC[C@@H](C)[C@H]1CC[C@H]2[C@@H]3C=CC4=CC(=O)CC[C@]4(C)[C@H]3CC[C@]12C.C[C@H](CCC(O)C(C)(C)O)[C@H]1CC[C@H]2[C@@H]3C(O)C[C@@H]4CC(=O)CC[C@]4(C)[C@H]3CC[C@]12C.C[C@H](CCC(O)C(C)(C)O)[C@H]1CC[C@H]2[C@@H]3C4OC4C4=CC(=O)CC[C@]4(C)[C@H]3CC[C@]12C.C[C@H](CCC(O)C(C)(C)O)[C@H]1CC[C@H]2[C@@H]3C=CC4=CC(=O)CC[C@]4(C)[C@H]3CC[C@]12C.C[C@H](CCC1OC1(C)C)[C@H]1CC[C@H]2[C@@H]3C=CC4=CC(=O)CC[C@]4(C)[C@H]3CC[C@]12C. The van der Waals surface area contributed by atoms with E-state index in [-0.39, 0.29) is 50.3 Å². The van der Waals surface area contributed by atoms with Gasteiger partial charge in [-0.25, -0.2) is 0 Å². The van der Waals surface area contributed by atoms with Crippen LogP contribution in [0.2, 0.25) is 0 Å². The van der Waals surface area contributed by atoms with Crippen LogP contribution in [0.4, 0.5) is 0 Å². The summed E-state index contributed by atoms with van der Waals surface area (Å²) in [5.74, 6) is 19.2. The average Bonchev–Trinajstić information content (AvgIpc) is 1.52. The molecular weight excluding hydrogens is 1850 g/mol. The Kier molecular flexibility index (Phi) is 32.4. The minimum atomic E-state index is -1.04. The molecule has 2 aliphatic heterocycles. The number of epoxide rings is 2. The minimum absolute atomic E-state index is 0.134. The third-order valence-corrected chi connectivity index (χ3v) is 51.4. The number of hydrogen-bond donors (Lipinski definition) is 7. The second kappa shape index (κ2) is 42.2. The molecule has 0 amide bonds. The molecule has 15 fully saturated rings. The number of fused-ring (bicyclic) bond motifs is 28. The van der Waals surface area contributed by atoms with Crippen molar-refractivity contribution in [2.75, 3.05) is 0 Å². The lowest BCUT2D eigenvalue weighted by Gasteiger charge is -2.62. The molecule has 834 valence electrons. The Balaban J connectivity index is 0.000000122. The fourth-order valence-electron chi connectivity index (χ4n) is 41.8. The molecule has 0 radical (unpaired) electrons. The quantitative estimate of drug-likeness (QED) is 0.0371. The second-order valence-electron chi connectivity index (χ2n) is 61.1. The Morgan fingerprint density at radius 1 is 0.376 bits per heavy atom. The summed E-state index contributed by atoms with van der Waals surface area (Å²) in [6.07, 6.45) is 70.0. The van der Waals surface area contributed by atoms with Gasteiger partial charge >= 0.3 is 0 Å². The molecule has 22 aliphatic rings. The number of aliphatic hydroxyl groups is 7. The molecule has 2 heterocycles. The van der Waals surface area contributed by atoms with Gasteiger partial charge in [-0.1, -0.05) is 152 Å². The van der Waals surface area contributed by atoms with Crippen molar-refractivity contribution in [1.82, 2.24) is 0 Å². The van der Waals surface area contributed by atoms with Crippen LogP contribution in [0.3, 0.4) is 0 Å². The Hall–Kier alpha value is -4.09. The topological polar surface area (TPSA) is 252 Å². The van der Waals surface area contributed by atoms with Crippen molar-refractivity contribution in [3.8, 4) is 0 Å². The summed E-state index contributed by atoms with van der Waals surface area (Å²) in [6, 6.07) is 0. The molecule has 13 saturated carbocycles. The Labute approximate surface area is 903 Å². The van der Waals surface area contributed by atoms with Gasteiger partial charge in [0.25, 0.3) is 0 Å². The van der Waals surface area contributed by atoms with E-state index in [9.17, 15) is 59.7 Å². The first-order valence-corrected chi connectivity index (χ1v) is 62.1. The molecule has 14 nitrogen and oxygen atoms in total. The van der Waals surface area contributed by atoms with E-state index in [1.54, 1.807) is 41.5 Å². The third-order valence-electron chi connectivity index (χ3n) is 51.4. The summed E-state index contributed by atoms with van der Waals surface area (Å²) in [5, 5.41) is 72.6. The number of ketones is 5. The fourth-order valence-corrected chi connectivity index (χ4v) is 41.8. The second-order valence-corrected chi connectivity index (χ2v) is 61.1. The summed E-state index contributed by atoms with van der Waals surface area (Å²) >= 11 is 0. The van der Waals surface area contributed by atoms with Crippen molar-refractivity contribution in [3.63, 3.8) is 0 Å². The van der Waals surface area contributed by atoms with Crippen molar-refractivity contribution in [3.05, 3.63) is 94.7 Å². The van der Waals surface area contributed by atoms with E-state index in [0.29, 0.717) is 196 Å². The maximum Gasteiger partial charge on any atom is 0.156 e. The van der Waals surface area contributed by atoms with E-state index in [0.717, 1.165) is 136 Å².